The quantitative estimate of drug-likeness (QED) is 0.808. The topological polar surface area (TPSA) is 59.6 Å². The molecule has 0 fully saturated rings. The maximum atomic E-state index is 12.5. The predicted molar refractivity (Wildman–Crippen MR) is 99.4 cm³/mol. The summed E-state index contributed by atoms with van der Waals surface area (Å²) < 4.78 is 10.4. The molecule has 24 heavy (non-hydrogen) atoms. The van der Waals surface area contributed by atoms with E-state index in [1.165, 1.54) is 14.2 Å². The second kappa shape index (κ2) is 7.99. The Morgan fingerprint density at radius 2 is 1.75 bits per heavy atom. The molecule has 126 valence electrons. The molecule has 1 amide bonds. The molecule has 0 radical (unpaired) electrons. The number of anilines is 1. The van der Waals surface area contributed by atoms with Crippen molar-refractivity contribution >= 4 is 40.5 Å². The van der Waals surface area contributed by atoms with Crippen LogP contribution in [0.5, 0.6) is 11.5 Å². The van der Waals surface area contributed by atoms with Gasteiger partial charge in [-0.1, -0.05) is 23.7 Å². The summed E-state index contributed by atoms with van der Waals surface area (Å²) in [7, 11) is 2.97. The lowest BCUT2D eigenvalue weighted by molar-refractivity contribution is 0.0971. The van der Waals surface area contributed by atoms with Crippen LogP contribution in [0.4, 0.5) is 5.69 Å². The molecule has 0 unspecified atom stereocenters. The van der Waals surface area contributed by atoms with Crippen LogP contribution in [0.2, 0.25) is 5.02 Å². The van der Waals surface area contributed by atoms with E-state index in [2.05, 4.69) is 10.6 Å². The lowest BCUT2D eigenvalue weighted by atomic mass is 10.1. The Morgan fingerprint density at radius 3 is 2.33 bits per heavy atom. The average Bonchev–Trinajstić information content (AvgIpc) is 2.57. The third kappa shape index (κ3) is 4.15. The van der Waals surface area contributed by atoms with Crippen LogP contribution in [0.15, 0.2) is 36.4 Å². The zero-order valence-electron chi connectivity index (χ0n) is 13.5. The first kappa shape index (κ1) is 18.0. The van der Waals surface area contributed by atoms with Gasteiger partial charge in [0.15, 0.2) is 5.11 Å². The van der Waals surface area contributed by atoms with Crippen LogP contribution < -0.4 is 20.1 Å². The number of hydrogen-bond donors (Lipinski definition) is 2. The van der Waals surface area contributed by atoms with Gasteiger partial charge < -0.3 is 14.8 Å². The highest BCUT2D eigenvalue weighted by Gasteiger charge is 2.19. The van der Waals surface area contributed by atoms with E-state index in [9.17, 15) is 4.79 Å². The Morgan fingerprint density at radius 1 is 1.12 bits per heavy atom. The Bertz CT molecular complexity index is 758. The number of rotatable bonds is 4. The van der Waals surface area contributed by atoms with Gasteiger partial charge in [0, 0.05) is 10.7 Å². The molecule has 0 atom stereocenters. The number of amides is 1. The normalized spacial score (nSPS) is 10.0. The molecular weight excluding hydrogens is 348 g/mol. The molecule has 7 heteroatoms. The number of thiocarbonyl (C=S) groups is 1. The Hall–Kier alpha value is -2.31. The molecule has 0 saturated heterocycles. The minimum absolute atomic E-state index is 0.151. The smallest absolute Gasteiger partial charge is 0.264 e. The van der Waals surface area contributed by atoms with Crippen LogP contribution in [-0.2, 0) is 0 Å². The van der Waals surface area contributed by atoms with E-state index >= 15 is 0 Å². The van der Waals surface area contributed by atoms with Crippen molar-refractivity contribution in [2.45, 2.75) is 6.92 Å². The maximum Gasteiger partial charge on any atom is 0.264 e. The van der Waals surface area contributed by atoms with Crippen LogP contribution in [0.1, 0.15) is 15.9 Å². The molecular formula is C17H17ClN2O3S. The monoisotopic (exact) mass is 364 g/mol. The van der Waals surface area contributed by atoms with Crippen molar-refractivity contribution in [3.05, 3.63) is 52.5 Å². The Kier molecular flexibility index (Phi) is 6.00. The zero-order chi connectivity index (χ0) is 17.7. The number of hydrogen-bond acceptors (Lipinski definition) is 4. The van der Waals surface area contributed by atoms with Crippen LogP contribution in [-0.4, -0.2) is 25.2 Å². The van der Waals surface area contributed by atoms with Gasteiger partial charge >= 0.3 is 0 Å². The molecule has 0 aliphatic rings. The van der Waals surface area contributed by atoms with E-state index in [1.807, 2.05) is 13.0 Å². The van der Waals surface area contributed by atoms with E-state index in [4.69, 9.17) is 33.3 Å². The molecule has 2 rings (SSSR count). The van der Waals surface area contributed by atoms with Gasteiger partial charge in [-0.2, -0.15) is 0 Å². The van der Waals surface area contributed by atoms with Gasteiger partial charge in [-0.15, -0.1) is 0 Å². The fraction of sp³-hybridized carbons (Fsp3) is 0.176. The zero-order valence-corrected chi connectivity index (χ0v) is 15.0. The van der Waals surface area contributed by atoms with Crippen molar-refractivity contribution in [2.75, 3.05) is 19.5 Å². The van der Waals surface area contributed by atoms with Crippen LogP contribution in [0.25, 0.3) is 0 Å². The van der Waals surface area contributed by atoms with Crippen molar-refractivity contribution in [1.82, 2.24) is 5.32 Å². The molecule has 0 aliphatic heterocycles. The highest BCUT2D eigenvalue weighted by molar-refractivity contribution is 7.80. The van der Waals surface area contributed by atoms with E-state index in [0.717, 1.165) is 11.3 Å². The summed E-state index contributed by atoms with van der Waals surface area (Å²) >= 11 is 11.2. The van der Waals surface area contributed by atoms with E-state index in [0.29, 0.717) is 16.5 Å². The van der Waals surface area contributed by atoms with Crippen LogP contribution >= 0.6 is 23.8 Å². The molecule has 0 aliphatic carbocycles. The molecule has 5 nitrogen and oxygen atoms in total. The summed E-state index contributed by atoms with van der Waals surface area (Å²) in [5.41, 5.74) is 1.94. The standard InChI is InChI=1S/C17H17ClN2O3S/c1-10-7-8-11(18)9-12(10)19-17(24)20-16(21)15-13(22-2)5-4-6-14(15)23-3/h4-9H,1-3H3,(H2,19,20,21,24). The second-order valence-electron chi connectivity index (χ2n) is 4.91. The molecule has 2 aromatic rings. The summed E-state index contributed by atoms with van der Waals surface area (Å²) in [5, 5.41) is 6.30. The SMILES string of the molecule is COc1cccc(OC)c1C(=O)NC(=S)Nc1cc(Cl)ccc1C. The van der Waals surface area contributed by atoms with Crippen molar-refractivity contribution in [3.63, 3.8) is 0 Å². The molecule has 0 saturated carbocycles. The third-order valence-corrected chi connectivity index (χ3v) is 3.77. The van der Waals surface area contributed by atoms with Crippen LogP contribution in [0, 0.1) is 6.92 Å². The maximum absolute atomic E-state index is 12.5. The van der Waals surface area contributed by atoms with Gasteiger partial charge in [0.2, 0.25) is 0 Å². The molecule has 0 aromatic heterocycles. The van der Waals surface area contributed by atoms with Gasteiger partial charge in [0.1, 0.15) is 17.1 Å². The number of benzene rings is 2. The average molecular weight is 365 g/mol. The summed E-state index contributed by atoms with van der Waals surface area (Å²) in [5.74, 6) is 0.364. The molecule has 0 heterocycles. The van der Waals surface area contributed by atoms with Crippen molar-refractivity contribution in [3.8, 4) is 11.5 Å². The number of aryl methyl sites for hydroxylation is 1. The molecule has 0 spiro atoms. The van der Waals surface area contributed by atoms with Gasteiger partial charge in [-0.05, 0) is 49.0 Å². The minimum atomic E-state index is -0.429. The first-order chi connectivity index (χ1) is 11.5. The largest absolute Gasteiger partial charge is 0.496 e. The lowest BCUT2D eigenvalue weighted by Gasteiger charge is -2.15. The Labute approximate surface area is 150 Å². The van der Waals surface area contributed by atoms with Crippen molar-refractivity contribution in [1.29, 1.82) is 0 Å². The van der Waals surface area contributed by atoms with Crippen molar-refractivity contribution < 1.29 is 14.3 Å². The number of carbonyl (C=O) groups excluding carboxylic acids is 1. The van der Waals surface area contributed by atoms with Gasteiger partial charge in [-0.3, -0.25) is 10.1 Å². The number of carbonyl (C=O) groups is 1. The fourth-order valence-corrected chi connectivity index (χ4v) is 2.50. The van der Waals surface area contributed by atoms with Crippen LogP contribution in [0.3, 0.4) is 0 Å². The van der Waals surface area contributed by atoms with E-state index < -0.39 is 5.91 Å². The van der Waals surface area contributed by atoms with Gasteiger partial charge in [0.25, 0.3) is 5.91 Å². The summed E-state index contributed by atoms with van der Waals surface area (Å²) in [6.07, 6.45) is 0. The number of halogens is 1. The molecule has 0 bridgehead atoms. The first-order valence-corrected chi connectivity index (χ1v) is 7.84. The second-order valence-corrected chi connectivity index (χ2v) is 5.75. The lowest BCUT2D eigenvalue weighted by Crippen LogP contribution is -2.34. The summed E-state index contributed by atoms with van der Waals surface area (Å²) in [4.78, 5) is 12.5. The summed E-state index contributed by atoms with van der Waals surface area (Å²) in [6, 6.07) is 10.5. The highest BCUT2D eigenvalue weighted by Crippen LogP contribution is 2.28. The number of methoxy groups -OCH3 is 2. The molecule has 2 aromatic carbocycles. The third-order valence-electron chi connectivity index (χ3n) is 3.33. The first-order valence-electron chi connectivity index (χ1n) is 7.05. The van der Waals surface area contributed by atoms with E-state index in [-0.39, 0.29) is 10.7 Å². The van der Waals surface area contributed by atoms with E-state index in [1.54, 1.807) is 30.3 Å². The predicted octanol–water partition coefficient (Wildman–Crippen LogP) is 3.79. The highest BCUT2D eigenvalue weighted by atomic mass is 35.5. The van der Waals surface area contributed by atoms with Gasteiger partial charge in [0.05, 0.1) is 14.2 Å². The molecule has 2 N–H and O–H groups in total. The fourth-order valence-electron chi connectivity index (χ4n) is 2.12. The van der Waals surface area contributed by atoms with Crippen molar-refractivity contribution in [2.24, 2.45) is 0 Å². The Balaban J connectivity index is 2.18. The number of ether oxygens (including phenoxy) is 2. The number of nitrogens with one attached hydrogen (secondary N) is 2. The summed E-state index contributed by atoms with van der Waals surface area (Å²) in [6.45, 7) is 1.91. The van der Waals surface area contributed by atoms with Gasteiger partial charge in [-0.25, -0.2) is 0 Å². The minimum Gasteiger partial charge on any atom is -0.496 e.